The Bertz CT molecular complexity index is 335. The van der Waals surface area contributed by atoms with Crippen LogP contribution in [0.2, 0.25) is 0 Å². The van der Waals surface area contributed by atoms with Crippen molar-refractivity contribution in [3.63, 3.8) is 0 Å². The normalized spacial score (nSPS) is 26.6. The van der Waals surface area contributed by atoms with E-state index in [0.29, 0.717) is 25.7 Å². The molecule has 8 heteroatoms. The van der Waals surface area contributed by atoms with Crippen LogP contribution in [0.4, 0.5) is 0 Å². The minimum Gasteiger partial charge on any atom is -0.329 e. The zero-order valence-corrected chi connectivity index (χ0v) is 9.78. The van der Waals surface area contributed by atoms with Gasteiger partial charge in [-0.3, -0.25) is 10.1 Å². The van der Waals surface area contributed by atoms with E-state index < -0.39 is 21.3 Å². The van der Waals surface area contributed by atoms with Crippen molar-refractivity contribution in [2.45, 2.75) is 37.0 Å². The van der Waals surface area contributed by atoms with Gasteiger partial charge in [0.05, 0.1) is 5.25 Å². The van der Waals surface area contributed by atoms with Crippen molar-refractivity contribution in [1.82, 2.24) is 4.72 Å². The smallest absolute Gasteiger partial charge is 0.214 e. The first-order valence-corrected chi connectivity index (χ1v) is 6.84. The Hall–Kier alpha value is -0.730. The topological polar surface area (TPSA) is 115 Å². The number of nitrogens with zero attached hydrogens (tertiary/aromatic N) is 1. The van der Waals surface area contributed by atoms with Crippen LogP contribution in [-0.2, 0) is 10.0 Å². The molecule has 0 amide bonds. The Balaban J connectivity index is 2.50. The maximum atomic E-state index is 11.7. The second kappa shape index (κ2) is 5.55. The highest BCUT2D eigenvalue weighted by Crippen LogP contribution is 2.25. The Morgan fingerprint density at radius 3 is 2.31 bits per heavy atom. The number of nitrogens with two attached hydrogens (primary N) is 1. The zero-order chi connectivity index (χ0) is 12.2. The second-order valence-electron chi connectivity index (χ2n) is 3.94. The van der Waals surface area contributed by atoms with Gasteiger partial charge < -0.3 is 5.73 Å². The average Bonchev–Trinajstić information content (AvgIpc) is 2.26. The molecule has 7 nitrogen and oxygen atoms in total. The predicted molar refractivity (Wildman–Crippen MR) is 59.0 cm³/mol. The lowest BCUT2D eigenvalue weighted by atomic mass is 9.96. The van der Waals surface area contributed by atoms with Crippen LogP contribution in [0.15, 0.2) is 0 Å². The molecular formula is C8H17N3O4S. The number of sulfonamides is 1. The molecule has 0 spiro atoms. The van der Waals surface area contributed by atoms with Crippen LogP contribution in [0.1, 0.15) is 25.7 Å². The quantitative estimate of drug-likeness (QED) is 0.502. The molecule has 16 heavy (non-hydrogen) atoms. The fourth-order valence-electron chi connectivity index (χ4n) is 1.89. The molecule has 1 aliphatic rings. The molecule has 94 valence electrons. The molecule has 1 fully saturated rings. The van der Waals surface area contributed by atoms with E-state index in [1.165, 1.54) is 0 Å². The van der Waals surface area contributed by atoms with Crippen LogP contribution in [0, 0.1) is 10.1 Å². The van der Waals surface area contributed by atoms with E-state index in [1.54, 1.807) is 0 Å². The average molecular weight is 251 g/mol. The summed E-state index contributed by atoms with van der Waals surface area (Å²) in [7, 11) is -3.35. The highest BCUT2D eigenvalue weighted by Gasteiger charge is 2.34. The van der Waals surface area contributed by atoms with Crippen molar-refractivity contribution in [1.29, 1.82) is 0 Å². The first-order valence-electron chi connectivity index (χ1n) is 5.29. The van der Waals surface area contributed by atoms with Gasteiger partial charge in [-0.1, -0.05) is 0 Å². The van der Waals surface area contributed by atoms with Gasteiger partial charge in [0.25, 0.3) is 0 Å². The van der Waals surface area contributed by atoms with Crippen molar-refractivity contribution in [2.24, 2.45) is 5.73 Å². The van der Waals surface area contributed by atoms with Gasteiger partial charge in [-0.15, -0.1) is 0 Å². The van der Waals surface area contributed by atoms with E-state index >= 15 is 0 Å². The summed E-state index contributed by atoms with van der Waals surface area (Å²) < 4.78 is 25.8. The first-order chi connectivity index (χ1) is 7.47. The van der Waals surface area contributed by atoms with E-state index in [9.17, 15) is 18.5 Å². The molecule has 0 bridgehead atoms. The predicted octanol–water partition coefficient (Wildman–Crippen LogP) is -0.548. The number of rotatable bonds is 5. The fourth-order valence-corrected chi connectivity index (χ4v) is 3.42. The van der Waals surface area contributed by atoms with Gasteiger partial charge in [0, 0.05) is 30.9 Å². The van der Waals surface area contributed by atoms with Crippen molar-refractivity contribution < 1.29 is 13.3 Å². The lowest BCUT2D eigenvalue weighted by Crippen LogP contribution is -2.40. The summed E-state index contributed by atoms with van der Waals surface area (Å²) in [6.45, 7) is 0.473. The highest BCUT2D eigenvalue weighted by molar-refractivity contribution is 7.90. The molecule has 0 radical (unpaired) electrons. The van der Waals surface area contributed by atoms with Crippen molar-refractivity contribution in [2.75, 3.05) is 13.1 Å². The molecule has 3 N–H and O–H groups in total. The summed E-state index contributed by atoms with van der Waals surface area (Å²) in [5.41, 5.74) is 5.21. The third kappa shape index (κ3) is 3.39. The Morgan fingerprint density at radius 1 is 1.31 bits per heavy atom. The molecule has 0 unspecified atom stereocenters. The molecule has 0 saturated heterocycles. The molecule has 0 atom stereocenters. The Kier molecular flexibility index (Phi) is 4.63. The highest BCUT2D eigenvalue weighted by atomic mass is 32.2. The van der Waals surface area contributed by atoms with Crippen LogP contribution in [0.3, 0.4) is 0 Å². The van der Waals surface area contributed by atoms with Crippen LogP contribution in [-0.4, -0.2) is 37.7 Å². The standard InChI is InChI=1S/C8H17N3O4S/c9-5-6-10-16(14,15)8-3-1-7(2-4-8)11(12)13/h7-8,10H,1-6,9H2. The second-order valence-corrected chi connectivity index (χ2v) is 5.99. The largest absolute Gasteiger partial charge is 0.329 e. The summed E-state index contributed by atoms with van der Waals surface area (Å²) >= 11 is 0. The summed E-state index contributed by atoms with van der Waals surface area (Å²) in [6.07, 6.45) is 1.37. The lowest BCUT2D eigenvalue weighted by Gasteiger charge is -2.23. The van der Waals surface area contributed by atoms with E-state index in [-0.39, 0.29) is 18.0 Å². The maximum Gasteiger partial charge on any atom is 0.214 e. The van der Waals surface area contributed by atoms with E-state index in [2.05, 4.69) is 4.72 Å². The Labute approximate surface area is 94.6 Å². The summed E-state index contributed by atoms with van der Waals surface area (Å²) in [4.78, 5) is 10.2. The van der Waals surface area contributed by atoms with Gasteiger partial charge in [-0.25, -0.2) is 13.1 Å². The van der Waals surface area contributed by atoms with Gasteiger partial charge in [0.2, 0.25) is 16.1 Å². The molecular weight excluding hydrogens is 234 g/mol. The summed E-state index contributed by atoms with van der Waals surface area (Å²) in [5, 5.41) is 10.0. The summed E-state index contributed by atoms with van der Waals surface area (Å²) in [6, 6.07) is -0.582. The van der Waals surface area contributed by atoms with Gasteiger partial charge in [-0.2, -0.15) is 0 Å². The summed E-state index contributed by atoms with van der Waals surface area (Å²) in [5.74, 6) is 0. The number of nitrogens with one attached hydrogen (secondary N) is 1. The zero-order valence-electron chi connectivity index (χ0n) is 8.96. The van der Waals surface area contributed by atoms with Gasteiger partial charge in [-0.05, 0) is 12.8 Å². The van der Waals surface area contributed by atoms with Crippen LogP contribution in [0.5, 0.6) is 0 Å². The molecule has 0 aromatic carbocycles. The molecule has 1 rings (SSSR count). The first kappa shape index (κ1) is 13.3. The molecule has 0 aromatic rings. The van der Waals surface area contributed by atoms with Crippen molar-refractivity contribution >= 4 is 10.0 Å². The van der Waals surface area contributed by atoms with Crippen molar-refractivity contribution in [3.05, 3.63) is 10.1 Å². The van der Waals surface area contributed by atoms with E-state index in [1.807, 2.05) is 0 Å². The molecule has 1 saturated carbocycles. The number of hydrogen-bond donors (Lipinski definition) is 2. The van der Waals surface area contributed by atoms with E-state index in [4.69, 9.17) is 5.73 Å². The third-order valence-corrected chi connectivity index (χ3v) is 4.78. The molecule has 1 aliphatic carbocycles. The van der Waals surface area contributed by atoms with Crippen molar-refractivity contribution in [3.8, 4) is 0 Å². The fraction of sp³-hybridized carbons (Fsp3) is 1.00. The van der Waals surface area contributed by atoms with Gasteiger partial charge in [0.1, 0.15) is 0 Å². The monoisotopic (exact) mass is 251 g/mol. The third-order valence-electron chi connectivity index (χ3n) is 2.83. The van der Waals surface area contributed by atoms with Crippen LogP contribution >= 0.6 is 0 Å². The van der Waals surface area contributed by atoms with Gasteiger partial charge in [0.15, 0.2) is 0 Å². The number of nitro groups is 1. The number of hydrogen-bond acceptors (Lipinski definition) is 5. The minimum atomic E-state index is -3.35. The Morgan fingerprint density at radius 2 is 1.88 bits per heavy atom. The lowest BCUT2D eigenvalue weighted by molar-refractivity contribution is -0.526. The molecule has 0 aliphatic heterocycles. The SMILES string of the molecule is NCCNS(=O)(=O)C1CCC([N+](=O)[O-])CC1. The van der Waals surface area contributed by atoms with Crippen LogP contribution < -0.4 is 10.5 Å². The minimum absolute atomic E-state index is 0.220. The molecule has 0 aromatic heterocycles. The van der Waals surface area contributed by atoms with Crippen LogP contribution in [0.25, 0.3) is 0 Å². The van der Waals surface area contributed by atoms with E-state index in [0.717, 1.165) is 0 Å². The molecule has 0 heterocycles. The maximum absolute atomic E-state index is 11.7. The van der Waals surface area contributed by atoms with Gasteiger partial charge >= 0.3 is 0 Å².